The minimum atomic E-state index is 0.140. The molecule has 1 aliphatic heterocycles. The molecular formula is C19H27N3OS. The van der Waals surface area contributed by atoms with Crippen molar-refractivity contribution >= 4 is 27.5 Å². The molecule has 24 heavy (non-hydrogen) atoms. The Hall–Kier alpha value is -1.46. The van der Waals surface area contributed by atoms with Crippen LogP contribution in [0.5, 0.6) is 0 Å². The Morgan fingerprint density at radius 2 is 2.12 bits per heavy atom. The number of aromatic nitrogens is 1. The van der Waals surface area contributed by atoms with E-state index >= 15 is 0 Å². The molecule has 1 N–H and O–H groups in total. The molecule has 2 aromatic rings. The van der Waals surface area contributed by atoms with Gasteiger partial charge in [-0.15, -0.1) is 11.3 Å². The summed E-state index contributed by atoms with van der Waals surface area (Å²) in [6.45, 7) is 6.65. The van der Waals surface area contributed by atoms with E-state index in [9.17, 15) is 4.79 Å². The summed E-state index contributed by atoms with van der Waals surface area (Å²) in [5.74, 6) is 1.02. The Kier molecular flexibility index (Phi) is 6.21. The molecule has 2 heterocycles. The molecule has 1 amide bonds. The second-order valence-electron chi connectivity index (χ2n) is 6.80. The maximum absolute atomic E-state index is 12.0. The van der Waals surface area contributed by atoms with Gasteiger partial charge in [0.25, 0.3) is 0 Å². The molecule has 0 aliphatic carbocycles. The third-order valence-corrected chi connectivity index (χ3v) is 5.85. The largest absolute Gasteiger partial charge is 0.356 e. The molecule has 0 spiro atoms. The fourth-order valence-electron chi connectivity index (χ4n) is 3.15. The number of carbonyl (C=O) groups excluding carboxylic acids is 1. The van der Waals surface area contributed by atoms with Crippen LogP contribution in [-0.2, 0) is 11.2 Å². The van der Waals surface area contributed by atoms with Crippen LogP contribution < -0.4 is 5.32 Å². The third kappa shape index (κ3) is 5.02. The fourth-order valence-corrected chi connectivity index (χ4v) is 4.12. The van der Waals surface area contributed by atoms with Crippen molar-refractivity contribution in [3.63, 3.8) is 0 Å². The second-order valence-corrected chi connectivity index (χ2v) is 7.92. The number of carbonyl (C=O) groups is 1. The fraction of sp³-hybridized carbons (Fsp3) is 0.579. The number of amides is 1. The first-order valence-electron chi connectivity index (χ1n) is 9.04. The van der Waals surface area contributed by atoms with Gasteiger partial charge in [0.1, 0.15) is 0 Å². The lowest BCUT2D eigenvalue weighted by molar-refractivity contribution is -0.121. The number of piperidine rings is 1. The standard InChI is InChI=1S/C19H27N3OS/c1-15-9-13-22(14-10-15)12-4-11-20-18(23)7-8-19-21-16-5-2-3-6-17(16)24-19/h2-3,5-6,15H,4,7-14H2,1H3,(H,20,23). The summed E-state index contributed by atoms with van der Waals surface area (Å²) in [5.41, 5.74) is 1.04. The van der Waals surface area contributed by atoms with Crippen LogP contribution >= 0.6 is 11.3 Å². The maximum atomic E-state index is 12.0. The number of nitrogens with zero attached hydrogens (tertiary/aromatic N) is 2. The molecule has 0 bridgehead atoms. The van der Waals surface area contributed by atoms with Gasteiger partial charge in [-0.3, -0.25) is 4.79 Å². The normalized spacial score (nSPS) is 16.5. The predicted molar refractivity (Wildman–Crippen MR) is 100 cm³/mol. The molecule has 0 radical (unpaired) electrons. The van der Waals surface area contributed by atoms with Crippen molar-refractivity contribution in [1.82, 2.24) is 15.2 Å². The topological polar surface area (TPSA) is 45.2 Å². The van der Waals surface area contributed by atoms with Gasteiger partial charge in [0.15, 0.2) is 0 Å². The van der Waals surface area contributed by atoms with Gasteiger partial charge in [-0.25, -0.2) is 4.98 Å². The predicted octanol–water partition coefficient (Wildman–Crippen LogP) is 3.47. The van der Waals surface area contributed by atoms with E-state index in [1.807, 2.05) is 18.2 Å². The lowest BCUT2D eigenvalue weighted by atomic mass is 9.99. The van der Waals surface area contributed by atoms with Crippen molar-refractivity contribution in [3.05, 3.63) is 29.3 Å². The van der Waals surface area contributed by atoms with Gasteiger partial charge in [-0.2, -0.15) is 0 Å². The summed E-state index contributed by atoms with van der Waals surface area (Å²) >= 11 is 1.69. The van der Waals surface area contributed by atoms with Crippen LogP contribution in [0.2, 0.25) is 0 Å². The summed E-state index contributed by atoms with van der Waals surface area (Å²) in [6.07, 6.45) is 4.93. The summed E-state index contributed by atoms with van der Waals surface area (Å²) in [5, 5.41) is 4.10. The van der Waals surface area contributed by atoms with Gasteiger partial charge in [-0.05, 0) is 56.9 Å². The van der Waals surface area contributed by atoms with E-state index in [-0.39, 0.29) is 5.91 Å². The highest BCUT2D eigenvalue weighted by atomic mass is 32.1. The average Bonchev–Trinajstić information content (AvgIpc) is 3.01. The Labute approximate surface area is 148 Å². The summed E-state index contributed by atoms with van der Waals surface area (Å²) < 4.78 is 1.20. The lowest BCUT2D eigenvalue weighted by Gasteiger charge is -2.30. The number of likely N-dealkylation sites (tertiary alicyclic amines) is 1. The van der Waals surface area contributed by atoms with Crippen molar-refractivity contribution in [3.8, 4) is 0 Å². The van der Waals surface area contributed by atoms with Crippen LogP contribution in [0.4, 0.5) is 0 Å². The number of aryl methyl sites for hydroxylation is 1. The van der Waals surface area contributed by atoms with Crippen LogP contribution in [0.25, 0.3) is 10.2 Å². The van der Waals surface area contributed by atoms with Gasteiger partial charge in [0, 0.05) is 19.4 Å². The highest BCUT2D eigenvalue weighted by Gasteiger charge is 2.14. The number of thiazole rings is 1. The minimum absolute atomic E-state index is 0.140. The van der Waals surface area contributed by atoms with E-state index in [2.05, 4.69) is 28.2 Å². The zero-order valence-electron chi connectivity index (χ0n) is 14.5. The summed E-state index contributed by atoms with van der Waals surface area (Å²) in [4.78, 5) is 19.1. The van der Waals surface area contributed by atoms with Crippen LogP contribution in [0.3, 0.4) is 0 Å². The molecule has 0 atom stereocenters. The SMILES string of the molecule is CC1CCN(CCCNC(=O)CCc2nc3ccccc3s2)CC1. The highest BCUT2D eigenvalue weighted by molar-refractivity contribution is 7.18. The van der Waals surface area contributed by atoms with Gasteiger partial charge in [-0.1, -0.05) is 19.1 Å². The summed E-state index contributed by atoms with van der Waals surface area (Å²) in [7, 11) is 0. The molecule has 5 heteroatoms. The van der Waals surface area contributed by atoms with Gasteiger partial charge < -0.3 is 10.2 Å². The van der Waals surface area contributed by atoms with Crippen LogP contribution in [-0.4, -0.2) is 42.0 Å². The first kappa shape index (κ1) is 17.4. The lowest BCUT2D eigenvalue weighted by Crippen LogP contribution is -2.35. The Bertz CT molecular complexity index is 628. The van der Waals surface area contributed by atoms with Gasteiger partial charge >= 0.3 is 0 Å². The van der Waals surface area contributed by atoms with Crippen LogP contribution in [0.15, 0.2) is 24.3 Å². The quantitative estimate of drug-likeness (QED) is 0.782. The molecule has 1 aliphatic rings. The number of nitrogens with one attached hydrogen (secondary N) is 1. The van der Waals surface area contributed by atoms with E-state index < -0.39 is 0 Å². The average molecular weight is 346 g/mol. The first-order chi connectivity index (χ1) is 11.7. The third-order valence-electron chi connectivity index (χ3n) is 4.75. The molecule has 130 valence electrons. The minimum Gasteiger partial charge on any atom is -0.356 e. The Balaban J connectivity index is 1.31. The summed E-state index contributed by atoms with van der Waals surface area (Å²) in [6, 6.07) is 8.14. The van der Waals surface area contributed by atoms with Crippen molar-refractivity contribution in [2.45, 2.75) is 39.0 Å². The Morgan fingerprint density at radius 3 is 2.92 bits per heavy atom. The van der Waals surface area contributed by atoms with E-state index in [4.69, 9.17) is 0 Å². The number of hydrogen-bond donors (Lipinski definition) is 1. The molecule has 0 saturated carbocycles. The monoisotopic (exact) mass is 345 g/mol. The number of hydrogen-bond acceptors (Lipinski definition) is 4. The molecule has 1 fully saturated rings. The number of benzene rings is 1. The zero-order valence-corrected chi connectivity index (χ0v) is 15.3. The smallest absolute Gasteiger partial charge is 0.220 e. The van der Waals surface area contributed by atoms with Gasteiger partial charge in [0.2, 0.25) is 5.91 Å². The van der Waals surface area contributed by atoms with Crippen molar-refractivity contribution in [1.29, 1.82) is 0 Å². The van der Waals surface area contributed by atoms with E-state index in [1.165, 1.54) is 30.6 Å². The maximum Gasteiger partial charge on any atom is 0.220 e. The molecule has 1 aromatic carbocycles. The Morgan fingerprint density at radius 1 is 1.33 bits per heavy atom. The van der Waals surface area contributed by atoms with E-state index in [0.717, 1.165) is 42.4 Å². The molecule has 1 aromatic heterocycles. The van der Waals surface area contributed by atoms with E-state index in [0.29, 0.717) is 6.42 Å². The number of para-hydroxylation sites is 1. The molecule has 3 rings (SSSR count). The zero-order chi connectivity index (χ0) is 16.8. The molecule has 0 unspecified atom stereocenters. The van der Waals surface area contributed by atoms with Gasteiger partial charge in [0.05, 0.1) is 15.2 Å². The number of fused-ring (bicyclic) bond motifs is 1. The molecule has 4 nitrogen and oxygen atoms in total. The highest BCUT2D eigenvalue weighted by Crippen LogP contribution is 2.22. The number of rotatable bonds is 7. The second kappa shape index (κ2) is 8.58. The van der Waals surface area contributed by atoms with E-state index in [1.54, 1.807) is 11.3 Å². The van der Waals surface area contributed by atoms with Crippen molar-refractivity contribution < 1.29 is 4.79 Å². The molecule has 1 saturated heterocycles. The van der Waals surface area contributed by atoms with Crippen LogP contribution in [0.1, 0.15) is 37.6 Å². The molecular weight excluding hydrogens is 318 g/mol. The van der Waals surface area contributed by atoms with Crippen molar-refractivity contribution in [2.24, 2.45) is 5.92 Å². The van der Waals surface area contributed by atoms with Crippen LogP contribution in [0, 0.1) is 5.92 Å². The first-order valence-corrected chi connectivity index (χ1v) is 9.86. The van der Waals surface area contributed by atoms with Crippen molar-refractivity contribution in [2.75, 3.05) is 26.2 Å².